The fraction of sp³-hybridized carbons (Fsp3) is 0.391. The van der Waals surface area contributed by atoms with Gasteiger partial charge >= 0.3 is 0 Å². The molecule has 1 saturated heterocycles. The number of likely N-dealkylation sites (tertiary alicyclic amines) is 1. The normalized spacial score (nSPS) is 14.0. The lowest BCUT2D eigenvalue weighted by Gasteiger charge is -2.22. The van der Waals surface area contributed by atoms with Crippen LogP contribution in [0.15, 0.2) is 48.5 Å². The molecule has 1 fully saturated rings. The highest BCUT2D eigenvalue weighted by Crippen LogP contribution is 2.30. The highest BCUT2D eigenvalue weighted by Gasteiger charge is 2.20. The van der Waals surface area contributed by atoms with E-state index >= 15 is 0 Å². The smallest absolute Gasteiger partial charge is 0.262 e. The van der Waals surface area contributed by atoms with Crippen LogP contribution in [0, 0.1) is 0 Å². The molecule has 2 aromatic rings. The monoisotopic (exact) mass is 380 g/mol. The van der Waals surface area contributed by atoms with Crippen LogP contribution in [0.2, 0.25) is 0 Å². The molecule has 5 heteroatoms. The summed E-state index contributed by atoms with van der Waals surface area (Å²) in [5, 5.41) is 2.82. The Morgan fingerprint density at radius 1 is 1.00 bits per heavy atom. The third-order valence-electron chi connectivity index (χ3n) is 4.86. The minimum absolute atomic E-state index is 0.0532. The first-order valence-electron chi connectivity index (χ1n) is 9.76. The molecule has 0 spiro atoms. The summed E-state index contributed by atoms with van der Waals surface area (Å²) >= 11 is 0. The lowest BCUT2D eigenvalue weighted by atomic mass is 9.86. The molecule has 2 aromatic carbocycles. The molecule has 0 aromatic heterocycles. The zero-order chi connectivity index (χ0) is 20.1. The molecule has 148 valence electrons. The quantitative estimate of drug-likeness (QED) is 0.844. The molecule has 1 aliphatic rings. The van der Waals surface area contributed by atoms with Gasteiger partial charge in [0.15, 0.2) is 6.61 Å². The minimum Gasteiger partial charge on any atom is -0.483 e. The molecule has 0 atom stereocenters. The Labute approximate surface area is 166 Å². The molecular weight excluding hydrogens is 352 g/mol. The Balaban J connectivity index is 1.56. The maximum Gasteiger partial charge on any atom is 0.262 e. The number of anilines is 1. The van der Waals surface area contributed by atoms with Gasteiger partial charge in [0, 0.05) is 24.3 Å². The standard InChI is InChI=1S/C23H28N2O3/c1-23(2,3)19-8-4-5-9-20(19)28-16-21(26)24-18-12-10-17(11-13-18)22(27)25-14-6-7-15-25/h4-5,8-13H,6-7,14-16H2,1-3H3,(H,24,26). The first kappa shape index (κ1) is 19.9. The summed E-state index contributed by atoms with van der Waals surface area (Å²) < 4.78 is 5.75. The zero-order valence-electron chi connectivity index (χ0n) is 16.8. The zero-order valence-corrected chi connectivity index (χ0v) is 16.8. The van der Waals surface area contributed by atoms with Crippen LogP contribution >= 0.6 is 0 Å². The Morgan fingerprint density at radius 3 is 2.29 bits per heavy atom. The van der Waals surface area contributed by atoms with E-state index in [1.165, 1.54) is 0 Å². The summed E-state index contributed by atoms with van der Waals surface area (Å²) in [6, 6.07) is 14.8. The van der Waals surface area contributed by atoms with Gasteiger partial charge in [0.05, 0.1) is 0 Å². The van der Waals surface area contributed by atoms with Crippen LogP contribution in [0.5, 0.6) is 5.75 Å². The van der Waals surface area contributed by atoms with Gasteiger partial charge < -0.3 is 15.0 Å². The van der Waals surface area contributed by atoms with Crippen LogP contribution in [0.3, 0.4) is 0 Å². The molecule has 2 amide bonds. The van der Waals surface area contributed by atoms with E-state index in [-0.39, 0.29) is 23.8 Å². The number of nitrogens with one attached hydrogen (secondary N) is 1. The van der Waals surface area contributed by atoms with Gasteiger partial charge in [0.25, 0.3) is 11.8 Å². The third kappa shape index (κ3) is 4.91. The molecular formula is C23H28N2O3. The average Bonchev–Trinajstić information content (AvgIpc) is 3.21. The number of benzene rings is 2. The Kier molecular flexibility index (Phi) is 6.02. The van der Waals surface area contributed by atoms with Gasteiger partial charge in [-0.3, -0.25) is 9.59 Å². The van der Waals surface area contributed by atoms with E-state index in [9.17, 15) is 9.59 Å². The number of hydrogen-bond acceptors (Lipinski definition) is 3. The van der Waals surface area contributed by atoms with Crippen LogP contribution in [0.1, 0.15) is 49.5 Å². The second kappa shape index (κ2) is 8.46. The maximum atomic E-state index is 12.4. The summed E-state index contributed by atoms with van der Waals surface area (Å²) in [4.78, 5) is 26.5. The number of carbonyl (C=O) groups is 2. The summed E-state index contributed by atoms with van der Waals surface area (Å²) in [5.74, 6) is 0.538. The highest BCUT2D eigenvalue weighted by atomic mass is 16.5. The van der Waals surface area contributed by atoms with Gasteiger partial charge in [-0.25, -0.2) is 0 Å². The molecule has 1 aliphatic heterocycles. The van der Waals surface area contributed by atoms with E-state index in [2.05, 4.69) is 26.1 Å². The van der Waals surface area contributed by atoms with Gasteiger partial charge in [-0.2, -0.15) is 0 Å². The Hall–Kier alpha value is -2.82. The lowest BCUT2D eigenvalue weighted by molar-refractivity contribution is -0.118. The number of rotatable bonds is 5. The van der Waals surface area contributed by atoms with E-state index in [4.69, 9.17) is 4.74 Å². The van der Waals surface area contributed by atoms with Crippen molar-refractivity contribution in [3.8, 4) is 5.75 Å². The summed E-state index contributed by atoms with van der Waals surface area (Å²) in [6.45, 7) is 7.91. The van der Waals surface area contributed by atoms with Crippen LogP contribution in [0.25, 0.3) is 0 Å². The van der Waals surface area contributed by atoms with Gasteiger partial charge in [0.1, 0.15) is 5.75 Å². The van der Waals surface area contributed by atoms with Crippen LogP contribution in [-0.2, 0) is 10.2 Å². The molecule has 1 heterocycles. The molecule has 0 aliphatic carbocycles. The van der Waals surface area contributed by atoms with Crippen molar-refractivity contribution in [2.75, 3.05) is 25.0 Å². The number of nitrogens with zero attached hydrogens (tertiary/aromatic N) is 1. The summed E-state index contributed by atoms with van der Waals surface area (Å²) in [7, 11) is 0. The van der Waals surface area contributed by atoms with Crippen LogP contribution < -0.4 is 10.1 Å². The second-order valence-electron chi connectivity index (χ2n) is 8.16. The SMILES string of the molecule is CC(C)(C)c1ccccc1OCC(=O)Nc1ccc(C(=O)N2CCCC2)cc1. The summed E-state index contributed by atoms with van der Waals surface area (Å²) in [6.07, 6.45) is 2.14. The number of amides is 2. The topological polar surface area (TPSA) is 58.6 Å². The van der Waals surface area contributed by atoms with E-state index in [1.54, 1.807) is 24.3 Å². The summed E-state index contributed by atoms with van der Waals surface area (Å²) in [5.41, 5.74) is 2.30. The van der Waals surface area contributed by atoms with Crippen molar-refractivity contribution >= 4 is 17.5 Å². The van der Waals surface area contributed by atoms with Gasteiger partial charge in [-0.1, -0.05) is 39.0 Å². The largest absolute Gasteiger partial charge is 0.483 e. The lowest BCUT2D eigenvalue weighted by Crippen LogP contribution is -2.27. The molecule has 0 saturated carbocycles. The predicted octanol–water partition coefficient (Wildman–Crippen LogP) is 4.24. The van der Waals surface area contributed by atoms with Crippen molar-refractivity contribution in [2.24, 2.45) is 0 Å². The Morgan fingerprint density at radius 2 is 1.64 bits per heavy atom. The van der Waals surface area contributed by atoms with Gasteiger partial charge in [0.2, 0.25) is 0 Å². The molecule has 0 unspecified atom stereocenters. The van der Waals surface area contributed by atoms with Crippen molar-refractivity contribution in [3.63, 3.8) is 0 Å². The van der Waals surface area contributed by atoms with Crippen molar-refractivity contribution < 1.29 is 14.3 Å². The van der Waals surface area contributed by atoms with Crippen molar-refractivity contribution in [3.05, 3.63) is 59.7 Å². The fourth-order valence-corrected chi connectivity index (χ4v) is 3.35. The fourth-order valence-electron chi connectivity index (χ4n) is 3.35. The van der Waals surface area contributed by atoms with Gasteiger partial charge in [-0.15, -0.1) is 0 Å². The first-order valence-corrected chi connectivity index (χ1v) is 9.76. The number of carbonyl (C=O) groups excluding carboxylic acids is 2. The average molecular weight is 380 g/mol. The van der Waals surface area contributed by atoms with Crippen molar-refractivity contribution in [2.45, 2.75) is 39.0 Å². The Bertz CT molecular complexity index is 832. The van der Waals surface area contributed by atoms with Crippen molar-refractivity contribution in [1.29, 1.82) is 0 Å². The van der Waals surface area contributed by atoms with Crippen molar-refractivity contribution in [1.82, 2.24) is 4.90 Å². The molecule has 5 nitrogen and oxygen atoms in total. The van der Waals surface area contributed by atoms with E-state index in [1.807, 2.05) is 29.2 Å². The number of ether oxygens (including phenoxy) is 1. The predicted molar refractivity (Wildman–Crippen MR) is 111 cm³/mol. The third-order valence-corrected chi connectivity index (χ3v) is 4.86. The first-order chi connectivity index (χ1) is 13.3. The van der Waals surface area contributed by atoms with Gasteiger partial charge in [-0.05, 0) is 54.2 Å². The van der Waals surface area contributed by atoms with Crippen LogP contribution in [0.4, 0.5) is 5.69 Å². The molecule has 3 rings (SSSR count). The molecule has 0 bridgehead atoms. The maximum absolute atomic E-state index is 12.4. The van der Waals surface area contributed by atoms with E-state index in [0.29, 0.717) is 11.3 Å². The van der Waals surface area contributed by atoms with E-state index in [0.717, 1.165) is 37.2 Å². The number of hydrogen-bond donors (Lipinski definition) is 1. The highest BCUT2D eigenvalue weighted by molar-refractivity contribution is 5.96. The molecule has 1 N–H and O–H groups in total. The second-order valence-corrected chi connectivity index (χ2v) is 8.16. The molecule has 28 heavy (non-hydrogen) atoms. The van der Waals surface area contributed by atoms with Crippen LogP contribution in [-0.4, -0.2) is 36.4 Å². The molecule has 0 radical (unpaired) electrons. The van der Waals surface area contributed by atoms with E-state index < -0.39 is 0 Å². The number of para-hydroxylation sites is 1. The minimum atomic E-state index is -0.234.